The van der Waals surface area contributed by atoms with Crippen LogP contribution in [0, 0.1) is 0 Å². The summed E-state index contributed by atoms with van der Waals surface area (Å²) < 4.78 is 0. The van der Waals surface area contributed by atoms with E-state index in [0.717, 1.165) is 18.9 Å². The predicted molar refractivity (Wildman–Crippen MR) is 81.0 cm³/mol. The molecule has 1 N–H and O–H groups in total. The van der Waals surface area contributed by atoms with Gasteiger partial charge in [-0.3, -0.25) is 9.69 Å². The maximum absolute atomic E-state index is 11.8. The molecule has 1 aliphatic heterocycles. The molecule has 0 radical (unpaired) electrons. The molecule has 110 valence electrons. The molecule has 2 heterocycles. The molecular weight excluding hydrogens is 252 g/mol. The Bertz CT molecular complexity index is 444. The van der Waals surface area contributed by atoms with Crippen LogP contribution in [-0.2, 0) is 0 Å². The van der Waals surface area contributed by atoms with Gasteiger partial charge in [0.25, 0.3) is 5.91 Å². The summed E-state index contributed by atoms with van der Waals surface area (Å²) in [6.07, 6.45) is 4.17. The van der Waals surface area contributed by atoms with Gasteiger partial charge in [0, 0.05) is 32.9 Å². The predicted octanol–water partition coefficient (Wildman–Crippen LogP) is 1.68. The van der Waals surface area contributed by atoms with Crippen molar-refractivity contribution in [3.8, 4) is 0 Å². The first kappa shape index (κ1) is 14.8. The number of rotatable bonds is 5. The van der Waals surface area contributed by atoms with Gasteiger partial charge < -0.3 is 10.2 Å². The van der Waals surface area contributed by atoms with Gasteiger partial charge in [0.1, 0.15) is 5.82 Å². The summed E-state index contributed by atoms with van der Waals surface area (Å²) in [5, 5.41) is 3.37. The molecule has 0 spiro atoms. The van der Waals surface area contributed by atoms with Crippen LogP contribution >= 0.6 is 0 Å². The van der Waals surface area contributed by atoms with Gasteiger partial charge in [-0.15, -0.1) is 0 Å². The second kappa shape index (κ2) is 6.70. The third-order valence-corrected chi connectivity index (χ3v) is 3.84. The molecule has 0 aliphatic carbocycles. The molecule has 0 bridgehead atoms. The second-order valence-corrected chi connectivity index (χ2v) is 5.44. The summed E-state index contributed by atoms with van der Waals surface area (Å²) in [7, 11) is 3.49. The van der Waals surface area contributed by atoms with Gasteiger partial charge in [-0.05, 0) is 38.1 Å². The van der Waals surface area contributed by atoms with Gasteiger partial charge in [-0.2, -0.15) is 0 Å². The number of likely N-dealkylation sites (N-methyl/N-ethyl adjacent to an activating group) is 1. The van der Waals surface area contributed by atoms with E-state index in [4.69, 9.17) is 0 Å². The fraction of sp³-hybridized carbons (Fsp3) is 0.600. The Hall–Kier alpha value is -1.62. The first-order chi connectivity index (χ1) is 9.61. The second-order valence-electron chi connectivity index (χ2n) is 5.44. The fourth-order valence-electron chi connectivity index (χ4n) is 2.65. The summed E-state index contributed by atoms with van der Waals surface area (Å²) in [6.45, 7) is 5.43. The molecule has 1 fully saturated rings. The molecule has 1 aliphatic rings. The minimum atomic E-state index is -0.0167. The summed E-state index contributed by atoms with van der Waals surface area (Å²) in [5.74, 6) is 0.820. The van der Waals surface area contributed by atoms with Gasteiger partial charge in [-0.1, -0.05) is 6.92 Å². The number of carbonyl (C=O) groups is 1. The first-order valence-corrected chi connectivity index (χ1v) is 7.27. The minimum Gasteiger partial charge on any atom is -0.369 e. The number of pyridine rings is 1. The van der Waals surface area contributed by atoms with Crippen LogP contribution in [0.5, 0.6) is 0 Å². The van der Waals surface area contributed by atoms with E-state index >= 15 is 0 Å². The molecule has 1 atom stereocenters. The van der Waals surface area contributed by atoms with Crippen LogP contribution in [0.15, 0.2) is 18.3 Å². The first-order valence-electron chi connectivity index (χ1n) is 7.27. The van der Waals surface area contributed by atoms with Crippen molar-refractivity contribution >= 4 is 11.7 Å². The van der Waals surface area contributed by atoms with Gasteiger partial charge in [0.15, 0.2) is 0 Å². The Kier molecular flexibility index (Phi) is 4.95. The number of nitrogens with one attached hydrogen (secondary N) is 1. The lowest BCUT2D eigenvalue weighted by atomic mass is 10.2. The zero-order valence-corrected chi connectivity index (χ0v) is 12.6. The zero-order valence-electron chi connectivity index (χ0n) is 12.6. The number of carbonyl (C=O) groups excluding carboxylic acids is 1. The summed E-state index contributed by atoms with van der Waals surface area (Å²) in [5.41, 5.74) is 0.622. The molecule has 20 heavy (non-hydrogen) atoms. The molecular formula is C15H24N4O. The molecule has 0 aromatic carbocycles. The number of amides is 1. The highest BCUT2D eigenvalue weighted by atomic mass is 16.2. The summed E-state index contributed by atoms with van der Waals surface area (Å²) in [6, 6.07) is 4.30. The number of hydrogen-bond acceptors (Lipinski definition) is 4. The van der Waals surface area contributed by atoms with E-state index < -0.39 is 0 Å². The smallest absolute Gasteiger partial charge is 0.254 e. The molecule has 5 heteroatoms. The van der Waals surface area contributed by atoms with E-state index in [2.05, 4.69) is 22.1 Å². The van der Waals surface area contributed by atoms with E-state index in [1.807, 2.05) is 12.1 Å². The zero-order chi connectivity index (χ0) is 14.5. The molecule has 0 saturated carbocycles. The third kappa shape index (κ3) is 3.48. The van der Waals surface area contributed by atoms with Crippen molar-refractivity contribution in [1.82, 2.24) is 14.8 Å². The molecule has 1 aromatic rings. The van der Waals surface area contributed by atoms with Gasteiger partial charge in [0.05, 0.1) is 5.56 Å². The van der Waals surface area contributed by atoms with Crippen molar-refractivity contribution < 1.29 is 4.79 Å². The Morgan fingerprint density at radius 2 is 2.30 bits per heavy atom. The van der Waals surface area contributed by atoms with Crippen LogP contribution in [-0.4, -0.2) is 60.5 Å². The fourth-order valence-corrected chi connectivity index (χ4v) is 2.65. The third-order valence-electron chi connectivity index (χ3n) is 3.84. The Morgan fingerprint density at radius 3 is 2.90 bits per heavy atom. The molecule has 1 saturated heterocycles. The topological polar surface area (TPSA) is 48.5 Å². The number of aromatic nitrogens is 1. The average molecular weight is 276 g/mol. The summed E-state index contributed by atoms with van der Waals surface area (Å²) in [4.78, 5) is 20.1. The highest BCUT2D eigenvalue weighted by Crippen LogP contribution is 2.17. The Morgan fingerprint density at radius 1 is 1.50 bits per heavy atom. The lowest BCUT2D eigenvalue weighted by molar-refractivity contribution is 0.0827. The largest absolute Gasteiger partial charge is 0.369 e. The maximum Gasteiger partial charge on any atom is 0.254 e. The molecule has 1 amide bonds. The highest BCUT2D eigenvalue weighted by Gasteiger charge is 2.22. The van der Waals surface area contributed by atoms with Gasteiger partial charge >= 0.3 is 0 Å². The van der Waals surface area contributed by atoms with E-state index in [1.54, 1.807) is 25.2 Å². The van der Waals surface area contributed by atoms with Crippen molar-refractivity contribution in [2.24, 2.45) is 0 Å². The monoisotopic (exact) mass is 276 g/mol. The SMILES string of the molecule is CCN1CCCC1CNc1ccc(C(=O)N(C)C)cn1. The number of anilines is 1. The normalized spacial score (nSPS) is 19.1. The number of nitrogens with zero attached hydrogens (tertiary/aromatic N) is 3. The molecule has 5 nitrogen and oxygen atoms in total. The lowest BCUT2D eigenvalue weighted by Crippen LogP contribution is -2.34. The van der Waals surface area contributed by atoms with Crippen LogP contribution in [0.4, 0.5) is 5.82 Å². The van der Waals surface area contributed by atoms with E-state index in [9.17, 15) is 4.79 Å². The van der Waals surface area contributed by atoms with Crippen LogP contribution in [0.1, 0.15) is 30.1 Å². The molecule has 2 rings (SSSR count). The van der Waals surface area contributed by atoms with Crippen LogP contribution in [0.2, 0.25) is 0 Å². The van der Waals surface area contributed by atoms with Crippen molar-refractivity contribution in [2.45, 2.75) is 25.8 Å². The average Bonchev–Trinajstić information content (AvgIpc) is 2.92. The van der Waals surface area contributed by atoms with E-state index in [-0.39, 0.29) is 5.91 Å². The van der Waals surface area contributed by atoms with Crippen LogP contribution < -0.4 is 5.32 Å². The Labute approximate surface area is 121 Å². The minimum absolute atomic E-state index is 0.0167. The number of hydrogen-bond donors (Lipinski definition) is 1. The van der Waals surface area contributed by atoms with Crippen molar-refractivity contribution in [3.63, 3.8) is 0 Å². The van der Waals surface area contributed by atoms with E-state index in [1.165, 1.54) is 19.4 Å². The molecule has 1 aromatic heterocycles. The lowest BCUT2D eigenvalue weighted by Gasteiger charge is -2.23. The number of likely N-dealkylation sites (tertiary alicyclic amines) is 1. The van der Waals surface area contributed by atoms with Crippen molar-refractivity contribution in [3.05, 3.63) is 23.9 Å². The highest BCUT2D eigenvalue weighted by molar-refractivity contribution is 5.93. The van der Waals surface area contributed by atoms with Gasteiger partial charge in [0.2, 0.25) is 0 Å². The van der Waals surface area contributed by atoms with Crippen molar-refractivity contribution in [1.29, 1.82) is 0 Å². The van der Waals surface area contributed by atoms with Crippen molar-refractivity contribution in [2.75, 3.05) is 39.0 Å². The standard InChI is InChI=1S/C15H24N4O/c1-4-19-9-5-6-13(19)11-17-14-8-7-12(10-16-14)15(20)18(2)3/h7-8,10,13H,4-6,9,11H2,1-3H3,(H,16,17). The summed E-state index contributed by atoms with van der Waals surface area (Å²) >= 11 is 0. The van der Waals surface area contributed by atoms with E-state index in [0.29, 0.717) is 11.6 Å². The van der Waals surface area contributed by atoms with Gasteiger partial charge in [-0.25, -0.2) is 4.98 Å². The molecule has 1 unspecified atom stereocenters. The van der Waals surface area contributed by atoms with Crippen LogP contribution in [0.25, 0.3) is 0 Å². The van der Waals surface area contributed by atoms with Crippen LogP contribution in [0.3, 0.4) is 0 Å². The quantitative estimate of drug-likeness (QED) is 0.889. The Balaban J connectivity index is 1.89. The maximum atomic E-state index is 11.8.